The molecule has 4 rings (SSSR count). The number of rotatable bonds is 4. The summed E-state index contributed by atoms with van der Waals surface area (Å²) >= 11 is 0.858. The Morgan fingerprint density at radius 2 is 1.69 bits per heavy atom. The van der Waals surface area contributed by atoms with Crippen LogP contribution in [-0.2, 0) is 9.47 Å². The third kappa shape index (κ3) is 3.52. The summed E-state index contributed by atoms with van der Waals surface area (Å²) in [6.07, 6.45) is 0. The lowest BCUT2D eigenvalue weighted by Gasteiger charge is -2.07. The van der Waals surface area contributed by atoms with Crippen LogP contribution >= 0.6 is 11.3 Å². The Hall–Kier alpha value is -3.98. The van der Waals surface area contributed by atoms with E-state index in [1.165, 1.54) is 20.3 Å². The minimum absolute atomic E-state index is 0.0156. The number of fused-ring (bicyclic) bond motifs is 3. The number of ether oxygens (including phenoxy) is 2. The Labute approximate surface area is 185 Å². The van der Waals surface area contributed by atoms with E-state index in [0.717, 1.165) is 22.1 Å². The van der Waals surface area contributed by atoms with Gasteiger partial charge in [-0.3, -0.25) is 4.79 Å². The molecule has 0 unspecified atom stereocenters. The van der Waals surface area contributed by atoms with E-state index in [1.54, 1.807) is 13.0 Å². The zero-order valence-electron chi connectivity index (χ0n) is 17.3. The summed E-state index contributed by atoms with van der Waals surface area (Å²) in [5, 5.41) is 4.95. The lowest BCUT2D eigenvalue weighted by Crippen LogP contribution is -2.21. The number of hydrogen-bond acceptors (Lipinski definition) is 8. The fourth-order valence-corrected chi connectivity index (χ4v) is 4.55. The number of thiophene rings is 1. The molecule has 0 aliphatic rings. The first kappa shape index (κ1) is 21.3. The van der Waals surface area contributed by atoms with Crippen LogP contribution in [0.5, 0.6) is 0 Å². The molecule has 4 aromatic rings. The topological polar surface area (TPSA) is 112 Å². The third-order valence-corrected chi connectivity index (χ3v) is 6.21. The highest BCUT2D eigenvalue weighted by Gasteiger charge is 2.27. The predicted molar refractivity (Wildman–Crippen MR) is 120 cm³/mol. The van der Waals surface area contributed by atoms with Crippen LogP contribution in [0.3, 0.4) is 0 Å². The number of benzene rings is 2. The fraction of sp³-hybridized carbons (Fsp3) is 0.130. The molecule has 1 N–H and O–H groups in total. The molecule has 0 aliphatic carbocycles. The highest BCUT2D eigenvalue weighted by molar-refractivity contribution is 7.18. The fourth-order valence-electron chi connectivity index (χ4n) is 3.44. The van der Waals surface area contributed by atoms with Crippen LogP contribution in [0.4, 0.5) is 5.00 Å². The van der Waals surface area contributed by atoms with E-state index in [4.69, 9.17) is 13.9 Å². The Morgan fingerprint density at radius 3 is 2.41 bits per heavy atom. The van der Waals surface area contributed by atoms with Gasteiger partial charge in [0.1, 0.15) is 21.0 Å². The molecule has 2 aromatic carbocycles. The second-order valence-corrected chi connectivity index (χ2v) is 7.86. The van der Waals surface area contributed by atoms with Gasteiger partial charge < -0.3 is 19.2 Å². The van der Waals surface area contributed by atoms with Crippen molar-refractivity contribution >= 4 is 55.9 Å². The van der Waals surface area contributed by atoms with Crippen molar-refractivity contribution in [3.05, 3.63) is 74.5 Å². The van der Waals surface area contributed by atoms with Crippen molar-refractivity contribution in [2.75, 3.05) is 19.5 Å². The van der Waals surface area contributed by atoms with Crippen molar-refractivity contribution in [3.8, 4) is 0 Å². The first-order valence-electron chi connectivity index (χ1n) is 9.42. The first-order chi connectivity index (χ1) is 15.3. The lowest BCUT2D eigenvalue weighted by molar-refractivity contribution is 0.0601. The SMILES string of the molecule is COC(=O)c1sc(NC(=O)c2cc3c(ccc4ccccc43)oc2=O)c(C(=O)OC)c1C. The van der Waals surface area contributed by atoms with Crippen molar-refractivity contribution < 1.29 is 28.3 Å². The molecule has 0 bridgehead atoms. The Balaban J connectivity index is 1.81. The van der Waals surface area contributed by atoms with E-state index >= 15 is 0 Å². The number of nitrogens with one attached hydrogen (secondary N) is 1. The molecule has 9 heteroatoms. The number of hydrogen-bond donors (Lipinski definition) is 1. The van der Waals surface area contributed by atoms with Gasteiger partial charge in [-0.05, 0) is 35.4 Å². The van der Waals surface area contributed by atoms with Crippen LogP contribution in [-0.4, -0.2) is 32.1 Å². The normalized spacial score (nSPS) is 10.8. The largest absolute Gasteiger partial charge is 0.465 e. The number of amides is 1. The number of methoxy groups -OCH3 is 2. The highest BCUT2D eigenvalue weighted by atomic mass is 32.1. The van der Waals surface area contributed by atoms with Gasteiger partial charge in [-0.25, -0.2) is 14.4 Å². The molecule has 0 aliphatic heterocycles. The van der Waals surface area contributed by atoms with Crippen molar-refractivity contribution in [2.45, 2.75) is 6.92 Å². The monoisotopic (exact) mass is 451 g/mol. The molecule has 0 saturated carbocycles. The summed E-state index contributed by atoms with van der Waals surface area (Å²) in [5.41, 5.74) is -0.399. The quantitative estimate of drug-likeness (QED) is 0.282. The highest BCUT2D eigenvalue weighted by Crippen LogP contribution is 2.34. The molecular weight excluding hydrogens is 434 g/mol. The minimum atomic E-state index is -0.827. The first-order valence-corrected chi connectivity index (χ1v) is 10.2. The van der Waals surface area contributed by atoms with Crippen molar-refractivity contribution in [1.29, 1.82) is 0 Å². The Bertz CT molecular complexity index is 1460. The van der Waals surface area contributed by atoms with Crippen LogP contribution in [0.15, 0.2) is 51.7 Å². The van der Waals surface area contributed by atoms with E-state index in [0.29, 0.717) is 16.5 Å². The van der Waals surface area contributed by atoms with E-state index in [2.05, 4.69) is 5.32 Å². The average Bonchev–Trinajstić information content (AvgIpc) is 3.12. The van der Waals surface area contributed by atoms with Crippen LogP contribution in [0.1, 0.15) is 36.0 Å². The van der Waals surface area contributed by atoms with E-state index in [-0.39, 0.29) is 21.0 Å². The van der Waals surface area contributed by atoms with Gasteiger partial charge in [-0.15, -0.1) is 11.3 Å². The number of carbonyl (C=O) groups is 3. The van der Waals surface area contributed by atoms with Crippen LogP contribution in [0, 0.1) is 6.92 Å². The Kier molecular flexibility index (Phi) is 5.50. The van der Waals surface area contributed by atoms with Crippen molar-refractivity contribution in [2.24, 2.45) is 0 Å². The molecule has 0 fully saturated rings. The van der Waals surface area contributed by atoms with Gasteiger partial charge in [0.25, 0.3) is 5.91 Å². The summed E-state index contributed by atoms with van der Waals surface area (Å²) in [6.45, 7) is 1.54. The van der Waals surface area contributed by atoms with Gasteiger partial charge in [-0.2, -0.15) is 0 Å². The molecule has 162 valence electrons. The van der Waals surface area contributed by atoms with Crippen LogP contribution < -0.4 is 10.9 Å². The molecule has 1 amide bonds. The number of anilines is 1. The van der Waals surface area contributed by atoms with Gasteiger partial charge in [0, 0.05) is 5.39 Å². The average molecular weight is 451 g/mol. The smallest absolute Gasteiger partial charge is 0.349 e. The van der Waals surface area contributed by atoms with Crippen molar-refractivity contribution in [1.82, 2.24) is 0 Å². The maximum Gasteiger partial charge on any atom is 0.349 e. The molecule has 0 spiro atoms. The van der Waals surface area contributed by atoms with E-state index in [9.17, 15) is 19.2 Å². The second-order valence-electron chi connectivity index (χ2n) is 6.84. The van der Waals surface area contributed by atoms with Gasteiger partial charge in [-0.1, -0.05) is 30.3 Å². The molecule has 8 nitrogen and oxygen atoms in total. The maximum absolute atomic E-state index is 13.0. The number of carbonyl (C=O) groups excluding carboxylic acids is 3. The maximum atomic E-state index is 13.0. The summed E-state index contributed by atoms with van der Waals surface area (Å²) < 4.78 is 14.9. The molecule has 2 heterocycles. The van der Waals surface area contributed by atoms with Crippen LogP contribution in [0.25, 0.3) is 21.7 Å². The summed E-state index contributed by atoms with van der Waals surface area (Å²) in [5.74, 6) is -2.17. The zero-order chi connectivity index (χ0) is 23.0. The summed E-state index contributed by atoms with van der Waals surface area (Å²) in [7, 11) is 2.40. The van der Waals surface area contributed by atoms with Crippen LogP contribution in [0.2, 0.25) is 0 Å². The number of esters is 2. The molecule has 2 aromatic heterocycles. The summed E-state index contributed by atoms with van der Waals surface area (Å²) in [6, 6.07) is 12.4. The molecular formula is C23H17NO7S. The van der Waals surface area contributed by atoms with E-state index < -0.39 is 23.5 Å². The third-order valence-electron chi connectivity index (χ3n) is 5.02. The standard InChI is InChI=1S/C23H17NO7S/c1-11-17(22(27)29-2)20(32-18(11)23(28)30-3)24-19(25)15-10-14-13-7-5-4-6-12(13)8-9-16(14)31-21(15)26/h4-10H,1-3H3,(H,24,25). The Morgan fingerprint density at radius 1 is 0.969 bits per heavy atom. The molecule has 32 heavy (non-hydrogen) atoms. The van der Waals surface area contributed by atoms with Crippen molar-refractivity contribution in [3.63, 3.8) is 0 Å². The zero-order valence-corrected chi connectivity index (χ0v) is 18.1. The summed E-state index contributed by atoms with van der Waals surface area (Å²) in [4.78, 5) is 50.0. The predicted octanol–water partition coefficient (Wildman–Crippen LogP) is 4.14. The van der Waals surface area contributed by atoms with E-state index in [1.807, 2.05) is 30.3 Å². The van der Waals surface area contributed by atoms with Gasteiger partial charge in [0.2, 0.25) is 0 Å². The van der Waals surface area contributed by atoms with Gasteiger partial charge >= 0.3 is 17.6 Å². The lowest BCUT2D eigenvalue weighted by atomic mass is 10.0. The van der Waals surface area contributed by atoms with Gasteiger partial charge in [0.05, 0.1) is 19.8 Å². The molecule has 0 radical (unpaired) electrons. The minimum Gasteiger partial charge on any atom is -0.465 e. The second kappa shape index (κ2) is 8.27. The molecule has 0 saturated heterocycles. The molecule has 0 atom stereocenters. The van der Waals surface area contributed by atoms with Gasteiger partial charge in [0.15, 0.2) is 0 Å².